The molecule has 3 nitrogen and oxygen atoms in total. The van der Waals surface area contributed by atoms with E-state index < -0.39 is 0 Å². The molecule has 0 bridgehead atoms. The number of hydrogen-bond acceptors (Lipinski definition) is 3. The van der Waals surface area contributed by atoms with Gasteiger partial charge in [0, 0.05) is 19.8 Å². The van der Waals surface area contributed by atoms with Crippen LogP contribution in [-0.4, -0.2) is 18.6 Å². The molecule has 14 heavy (non-hydrogen) atoms. The van der Waals surface area contributed by atoms with Crippen LogP contribution in [0.5, 0.6) is 0 Å². The van der Waals surface area contributed by atoms with E-state index in [1.54, 1.807) is 6.20 Å². The number of rotatable bonds is 3. The molecule has 1 heterocycles. The highest BCUT2D eigenvalue weighted by Crippen LogP contribution is 2.29. The van der Waals surface area contributed by atoms with Crippen LogP contribution < -0.4 is 10.6 Å². The second kappa shape index (κ2) is 3.86. The van der Waals surface area contributed by atoms with E-state index in [4.69, 9.17) is 5.73 Å². The summed E-state index contributed by atoms with van der Waals surface area (Å²) in [5, 5.41) is 0. The van der Waals surface area contributed by atoms with Crippen molar-refractivity contribution in [3.05, 3.63) is 18.3 Å². The molecule has 0 aromatic carbocycles. The summed E-state index contributed by atoms with van der Waals surface area (Å²) in [5.41, 5.74) is 6.63. The maximum absolute atomic E-state index is 5.85. The highest BCUT2D eigenvalue weighted by Gasteiger charge is 2.20. The number of pyridine rings is 1. The molecule has 1 fully saturated rings. The Morgan fingerprint density at radius 1 is 1.57 bits per heavy atom. The molecule has 3 heteroatoms. The van der Waals surface area contributed by atoms with Crippen molar-refractivity contribution in [2.45, 2.75) is 19.3 Å². The molecule has 0 atom stereocenters. The molecule has 0 unspecified atom stereocenters. The Bertz CT molecular complexity index is 307. The standard InChI is InChI=1S/C11H17N3/c1-14(8-9-4-2-5-9)11-10(12)6-3-7-13-11/h3,6-7,9H,2,4-5,8,12H2,1H3. The molecule has 0 saturated heterocycles. The molecule has 2 N–H and O–H groups in total. The number of hydrogen-bond donors (Lipinski definition) is 1. The maximum Gasteiger partial charge on any atom is 0.151 e. The van der Waals surface area contributed by atoms with Crippen molar-refractivity contribution in [3.63, 3.8) is 0 Å². The predicted molar refractivity (Wildman–Crippen MR) is 59.3 cm³/mol. The summed E-state index contributed by atoms with van der Waals surface area (Å²) in [6.07, 6.45) is 5.90. The van der Waals surface area contributed by atoms with Crippen LogP contribution in [-0.2, 0) is 0 Å². The minimum atomic E-state index is 0.773. The highest BCUT2D eigenvalue weighted by molar-refractivity contribution is 5.61. The van der Waals surface area contributed by atoms with Crippen molar-refractivity contribution < 1.29 is 0 Å². The average Bonchev–Trinajstić information content (AvgIpc) is 2.12. The third-order valence-corrected chi connectivity index (χ3v) is 2.94. The van der Waals surface area contributed by atoms with Gasteiger partial charge < -0.3 is 10.6 Å². The maximum atomic E-state index is 5.85. The van der Waals surface area contributed by atoms with Crippen LogP contribution in [0.4, 0.5) is 11.5 Å². The van der Waals surface area contributed by atoms with Gasteiger partial charge in [0.1, 0.15) is 0 Å². The van der Waals surface area contributed by atoms with E-state index in [2.05, 4.69) is 16.9 Å². The summed E-state index contributed by atoms with van der Waals surface area (Å²) < 4.78 is 0. The van der Waals surface area contributed by atoms with Crippen LogP contribution in [0.15, 0.2) is 18.3 Å². The molecule has 0 amide bonds. The van der Waals surface area contributed by atoms with Gasteiger partial charge in [-0.15, -0.1) is 0 Å². The zero-order valence-electron chi connectivity index (χ0n) is 8.61. The number of nitrogen functional groups attached to an aromatic ring is 1. The van der Waals surface area contributed by atoms with Crippen molar-refractivity contribution in [1.82, 2.24) is 4.98 Å². The number of anilines is 2. The Kier molecular flexibility index (Phi) is 2.57. The first-order valence-electron chi connectivity index (χ1n) is 5.19. The quantitative estimate of drug-likeness (QED) is 0.793. The molecule has 0 spiro atoms. The molecule has 1 aromatic rings. The van der Waals surface area contributed by atoms with Gasteiger partial charge in [0.25, 0.3) is 0 Å². The Balaban J connectivity index is 2.02. The van der Waals surface area contributed by atoms with Crippen molar-refractivity contribution in [2.75, 3.05) is 24.2 Å². The molecule has 1 aromatic heterocycles. The van der Waals surface area contributed by atoms with Gasteiger partial charge in [-0.2, -0.15) is 0 Å². The molecular formula is C11H17N3. The van der Waals surface area contributed by atoms with Gasteiger partial charge in [-0.3, -0.25) is 0 Å². The summed E-state index contributed by atoms with van der Waals surface area (Å²) >= 11 is 0. The second-order valence-electron chi connectivity index (χ2n) is 4.09. The molecule has 0 radical (unpaired) electrons. The number of nitrogens with two attached hydrogens (primary N) is 1. The summed E-state index contributed by atoms with van der Waals surface area (Å²) in [4.78, 5) is 6.46. The lowest BCUT2D eigenvalue weighted by molar-refractivity contribution is 0.321. The Morgan fingerprint density at radius 2 is 2.36 bits per heavy atom. The van der Waals surface area contributed by atoms with Gasteiger partial charge in [-0.25, -0.2) is 4.98 Å². The summed E-state index contributed by atoms with van der Waals surface area (Å²) in [5.74, 6) is 1.76. The van der Waals surface area contributed by atoms with Crippen LogP contribution in [0, 0.1) is 5.92 Å². The van der Waals surface area contributed by atoms with E-state index in [-0.39, 0.29) is 0 Å². The fraction of sp³-hybridized carbons (Fsp3) is 0.545. The summed E-state index contributed by atoms with van der Waals surface area (Å²) in [6, 6.07) is 3.77. The van der Waals surface area contributed by atoms with Gasteiger partial charge in [0.15, 0.2) is 5.82 Å². The van der Waals surface area contributed by atoms with E-state index >= 15 is 0 Å². The number of nitrogens with zero attached hydrogens (tertiary/aromatic N) is 2. The fourth-order valence-corrected chi connectivity index (χ4v) is 1.88. The van der Waals surface area contributed by atoms with Gasteiger partial charge >= 0.3 is 0 Å². The zero-order valence-corrected chi connectivity index (χ0v) is 8.61. The minimum absolute atomic E-state index is 0.773. The third-order valence-electron chi connectivity index (χ3n) is 2.94. The first-order chi connectivity index (χ1) is 6.77. The van der Waals surface area contributed by atoms with Crippen LogP contribution in [0.1, 0.15) is 19.3 Å². The SMILES string of the molecule is CN(CC1CCC1)c1ncccc1N. The monoisotopic (exact) mass is 191 g/mol. The smallest absolute Gasteiger partial charge is 0.151 e. The van der Waals surface area contributed by atoms with Gasteiger partial charge in [0.05, 0.1) is 5.69 Å². The molecule has 1 saturated carbocycles. The first kappa shape index (κ1) is 9.31. The van der Waals surface area contributed by atoms with E-state index in [0.29, 0.717) is 0 Å². The molecule has 76 valence electrons. The van der Waals surface area contributed by atoms with E-state index in [9.17, 15) is 0 Å². The summed E-state index contributed by atoms with van der Waals surface area (Å²) in [6.45, 7) is 1.08. The lowest BCUT2D eigenvalue weighted by Gasteiger charge is -2.31. The van der Waals surface area contributed by atoms with Gasteiger partial charge in [-0.1, -0.05) is 6.42 Å². The first-order valence-corrected chi connectivity index (χ1v) is 5.19. The van der Waals surface area contributed by atoms with Gasteiger partial charge in [0.2, 0.25) is 0 Å². The normalized spacial score (nSPS) is 16.4. The summed E-state index contributed by atoms with van der Waals surface area (Å²) in [7, 11) is 2.07. The molecule has 0 aliphatic heterocycles. The average molecular weight is 191 g/mol. The minimum Gasteiger partial charge on any atom is -0.396 e. The predicted octanol–water partition coefficient (Wildman–Crippen LogP) is 1.90. The second-order valence-corrected chi connectivity index (χ2v) is 4.09. The molecule has 2 rings (SSSR count). The van der Waals surface area contributed by atoms with E-state index in [0.717, 1.165) is 24.0 Å². The van der Waals surface area contributed by atoms with Crippen molar-refractivity contribution >= 4 is 11.5 Å². The van der Waals surface area contributed by atoms with Crippen molar-refractivity contribution in [1.29, 1.82) is 0 Å². The lowest BCUT2D eigenvalue weighted by atomic mass is 9.85. The van der Waals surface area contributed by atoms with Crippen LogP contribution in [0.2, 0.25) is 0 Å². The largest absolute Gasteiger partial charge is 0.396 e. The van der Waals surface area contributed by atoms with E-state index in [1.807, 2.05) is 12.1 Å². The Hall–Kier alpha value is -1.25. The Labute approximate surface area is 84.9 Å². The molecular weight excluding hydrogens is 174 g/mol. The van der Waals surface area contributed by atoms with E-state index in [1.165, 1.54) is 19.3 Å². The van der Waals surface area contributed by atoms with Crippen LogP contribution in [0.3, 0.4) is 0 Å². The van der Waals surface area contributed by atoms with Gasteiger partial charge in [-0.05, 0) is 30.9 Å². The topological polar surface area (TPSA) is 42.2 Å². The van der Waals surface area contributed by atoms with Crippen LogP contribution >= 0.6 is 0 Å². The van der Waals surface area contributed by atoms with Crippen LogP contribution in [0.25, 0.3) is 0 Å². The fourth-order valence-electron chi connectivity index (χ4n) is 1.88. The number of aromatic nitrogens is 1. The third kappa shape index (κ3) is 1.81. The van der Waals surface area contributed by atoms with Crippen molar-refractivity contribution in [2.24, 2.45) is 5.92 Å². The molecule has 1 aliphatic carbocycles. The lowest BCUT2D eigenvalue weighted by Crippen LogP contribution is -2.30. The highest BCUT2D eigenvalue weighted by atomic mass is 15.2. The van der Waals surface area contributed by atoms with Crippen molar-refractivity contribution in [3.8, 4) is 0 Å². The zero-order chi connectivity index (χ0) is 9.97. The molecule has 1 aliphatic rings. The Morgan fingerprint density at radius 3 is 2.93 bits per heavy atom.